The Hall–Kier alpha value is -1.89. The number of allylic oxidation sites excluding steroid dienone is 8. The largest absolute Gasteiger partial charge is 0.449 e. The molecule has 52 heavy (non-hydrogen) atoms. The van der Waals surface area contributed by atoms with Gasteiger partial charge in [-0.1, -0.05) is 140 Å². The van der Waals surface area contributed by atoms with E-state index in [0.29, 0.717) is 32.9 Å². The second kappa shape index (κ2) is 43.5. The summed E-state index contributed by atoms with van der Waals surface area (Å²) in [6.45, 7) is 9.53. The lowest BCUT2D eigenvalue weighted by atomic mass is 10.1. The zero-order chi connectivity index (χ0) is 37.8. The van der Waals surface area contributed by atoms with Crippen LogP contribution in [0, 0.1) is 0 Å². The number of amides is 1. The van der Waals surface area contributed by atoms with Crippen LogP contribution in [0.15, 0.2) is 48.6 Å². The van der Waals surface area contributed by atoms with E-state index in [1.165, 1.54) is 128 Å². The molecule has 0 aliphatic heterocycles. The molecule has 0 aliphatic carbocycles. The fraction of sp³-hybridized carbons (Fsp3) is 0.804. The van der Waals surface area contributed by atoms with Crippen LogP contribution in [-0.4, -0.2) is 82.7 Å². The highest BCUT2D eigenvalue weighted by Gasteiger charge is 2.15. The first kappa shape index (κ1) is 50.1. The van der Waals surface area contributed by atoms with E-state index in [2.05, 4.69) is 67.4 Å². The summed E-state index contributed by atoms with van der Waals surface area (Å²) >= 11 is 0. The number of hydrogen-bond acceptors (Lipinski definition) is 5. The summed E-state index contributed by atoms with van der Waals surface area (Å²) in [5.74, 6) is 0. The molecule has 0 bridgehead atoms. The predicted octanol–water partition coefficient (Wildman–Crippen LogP) is 13.0. The van der Waals surface area contributed by atoms with Crippen LogP contribution in [0.4, 0.5) is 4.79 Å². The number of ether oxygens (including phenoxy) is 3. The number of carbonyl (C=O) groups excluding carboxylic acids is 1. The molecule has 0 heterocycles. The van der Waals surface area contributed by atoms with Gasteiger partial charge in [0.25, 0.3) is 0 Å². The van der Waals surface area contributed by atoms with Crippen molar-refractivity contribution in [1.82, 2.24) is 9.80 Å². The van der Waals surface area contributed by atoms with Crippen LogP contribution in [0.3, 0.4) is 0 Å². The van der Waals surface area contributed by atoms with Crippen molar-refractivity contribution < 1.29 is 19.0 Å². The Morgan fingerprint density at radius 2 is 0.808 bits per heavy atom. The van der Waals surface area contributed by atoms with E-state index >= 15 is 0 Å². The van der Waals surface area contributed by atoms with E-state index in [4.69, 9.17) is 14.2 Å². The molecule has 0 aromatic heterocycles. The Morgan fingerprint density at radius 1 is 0.423 bits per heavy atom. The summed E-state index contributed by atoms with van der Waals surface area (Å²) in [5.41, 5.74) is 0. The maximum atomic E-state index is 12.8. The third kappa shape index (κ3) is 40.9. The quantitative estimate of drug-likeness (QED) is 0.0464. The van der Waals surface area contributed by atoms with E-state index in [1.54, 1.807) is 4.90 Å². The highest BCUT2D eigenvalue weighted by Crippen LogP contribution is 2.10. The summed E-state index contributed by atoms with van der Waals surface area (Å²) in [4.78, 5) is 16.7. The normalized spacial score (nSPS) is 12.2. The summed E-state index contributed by atoms with van der Waals surface area (Å²) in [6, 6.07) is 0. The number of rotatable bonds is 40. The third-order valence-corrected chi connectivity index (χ3v) is 9.22. The minimum Gasteiger partial charge on any atom is -0.449 e. The van der Waals surface area contributed by atoms with Crippen LogP contribution in [0.1, 0.15) is 174 Å². The fourth-order valence-electron chi connectivity index (χ4n) is 5.86. The van der Waals surface area contributed by atoms with Crippen molar-refractivity contribution in [3.8, 4) is 0 Å². The Kier molecular flexibility index (Phi) is 41.9. The average Bonchev–Trinajstić information content (AvgIpc) is 3.14. The Labute approximate surface area is 323 Å². The molecule has 0 unspecified atom stereocenters. The minimum absolute atomic E-state index is 0.256. The molecule has 0 radical (unpaired) electrons. The van der Waals surface area contributed by atoms with Gasteiger partial charge in [-0.3, -0.25) is 0 Å². The van der Waals surface area contributed by atoms with E-state index < -0.39 is 0 Å². The molecule has 304 valence electrons. The second-order valence-electron chi connectivity index (χ2n) is 14.7. The van der Waals surface area contributed by atoms with Gasteiger partial charge in [0, 0.05) is 32.8 Å². The van der Waals surface area contributed by atoms with Crippen molar-refractivity contribution in [3.63, 3.8) is 0 Å². The Morgan fingerprint density at radius 3 is 1.21 bits per heavy atom. The van der Waals surface area contributed by atoms with Crippen LogP contribution in [0.2, 0.25) is 0 Å². The lowest BCUT2D eigenvalue weighted by Crippen LogP contribution is -2.37. The van der Waals surface area contributed by atoms with Gasteiger partial charge in [-0.2, -0.15) is 0 Å². The number of unbranched alkanes of at least 4 members (excludes halogenated alkanes) is 18. The Bertz CT molecular complexity index is 784. The number of carbonyl (C=O) groups is 1. The molecule has 1 amide bonds. The Balaban J connectivity index is 3.93. The van der Waals surface area contributed by atoms with E-state index in [0.717, 1.165) is 51.9 Å². The summed E-state index contributed by atoms with van der Waals surface area (Å²) in [6.07, 6.45) is 49.0. The first-order valence-electron chi connectivity index (χ1n) is 21.9. The molecule has 0 fully saturated rings. The second-order valence-corrected chi connectivity index (χ2v) is 14.7. The van der Waals surface area contributed by atoms with E-state index in [1.807, 2.05) is 14.1 Å². The van der Waals surface area contributed by atoms with E-state index in [9.17, 15) is 4.79 Å². The number of nitrogens with zero attached hydrogens (tertiary/aromatic N) is 2. The molecule has 0 spiro atoms. The standard InChI is InChI=1S/C46H86N2O4/c1-5-7-9-11-13-15-17-19-21-23-25-27-29-31-33-35-41-50-44-39-48(46(49)52-43-37-38-47(3)4)40-45-51-42-36-34-32-30-28-26-24-22-20-18-16-14-12-10-8-6-2/h13-16,19-22H,5-12,17-18,23-45H2,1-4H3/b15-13+,16-14+,21-19+,22-20+. The molecule has 0 aromatic rings. The van der Waals surface area contributed by atoms with Gasteiger partial charge in [0.15, 0.2) is 0 Å². The molecule has 0 atom stereocenters. The molecule has 0 N–H and O–H groups in total. The van der Waals surface area contributed by atoms with Gasteiger partial charge in [-0.15, -0.1) is 0 Å². The molecule has 0 saturated carbocycles. The van der Waals surface area contributed by atoms with Crippen molar-refractivity contribution in [2.75, 3.05) is 66.8 Å². The van der Waals surface area contributed by atoms with Gasteiger partial charge in [0.05, 0.1) is 19.8 Å². The summed E-state index contributed by atoms with van der Waals surface area (Å²) < 4.78 is 17.4. The summed E-state index contributed by atoms with van der Waals surface area (Å²) in [5, 5.41) is 0. The monoisotopic (exact) mass is 731 g/mol. The smallest absolute Gasteiger partial charge is 0.409 e. The van der Waals surface area contributed by atoms with Gasteiger partial charge in [-0.05, 0) is 97.6 Å². The van der Waals surface area contributed by atoms with Crippen molar-refractivity contribution in [1.29, 1.82) is 0 Å². The van der Waals surface area contributed by atoms with Crippen molar-refractivity contribution in [3.05, 3.63) is 48.6 Å². The zero-order valence-corrected chi connectivity index (χ0v) is 35.0. The van der Waals surface area contributed by atoms with Gasteiger partial charge in [0.1, 0.15) is 0 Å². The molecular formula is C46H86N2O4. The lowest BCUT2D eigenvalue weighted by molar-refractivity contribution is 0.0531. The SMILES string of the molecule is CCCCC/C=C/C/C=C/CCCCCCCCOCCN(CCOCCCCCCCC/C=C/C/C=C/CCCCC)C(=O)OCCCN(C)C. The topological polar surface area (TPSA) is 51.2 Å². The average molecular weight is 731 g/mol. The van der Waals surface area contributed by atoms with Gasteiger partial charge in [-0.25, -0.2) is 4.79 Å². The fourth-order valence-corrected chi connectivity index (χ4v) is 5.86. The lowest BCUT2D eigenvalue weighted by Gasteiger charge is -2.22. The first-order valence-corrected chi connectivity index (χ1v) is 21.9. The van der Waals surface area contributed by atoms with Gasteiger partial charge >= 0.3 is 6.09 Å². The molecule has 6 heteroatoms. The van der Waals surface area contributed by atoms with Crippen LogP contribution in [0.5, 0.6) is 0 Å². The van der Waals surface area contributed by atoms with Gasteiger partial charge in [0.2, 0.25) is 0 Å². The zero-order valence-electron chi connectivity index (χ0n) is 35.0. The van der Waals surface area contributed by atoms with Gasteiger partial charge < -0.3 is 24.0 Å². The van der Waals surface area contributed by atoms with E-state index in [-0.39, 0.29) is 6.09 Å². The maximum absolute atomic E-state index is 12.8. The molecule has 0 aromatic carbocycles. The van der Waals surface area contributed by atoms with Crippen molar-refractivity contribution >= 4 is 6.09 Å². The minimum atomic E-state index is -0.256. The number of hydrogen-bond donors (Lipinski definition) is 0. The first-order chi connectivity index (χ1) is 25.6. The van der Waals surface area contributed by atoms with Crippen molar-refractivity contribution in [2.45, 2.75) is 174 Å². The molecule has 0 rings (SSSR count). The molecular weight excluding hydrogens is 645 g/mol. The summed E-state index contributed by atoms with van der Waals surface area (Å²) in [7, 11) is 4.07. The van der Waals surface area contributed by atoms with Crippen LogP contribution >= 0.6 is 0 Å². The predicted molar refractivity (Wildman–Crippen MR) is 226 cm³/mol. The highest BCUT2D eigenvalue weighted by molar-refractivity contribution is 5.67. The molecule has 0 aliphatic rings. The van der Waals surface area contributed by atoms with Crippen LogP contribution < -0.4 is 0 Å². The van der Waals surface area contributed by atoms with Crippen LogP contribution in [0.25, 0.3) is 0 Å². The van der Waals surface area contributed by atoms with Crippen LogP contribution in [-0.2, 0) is 14.2 Å². The maximum Gasteiger partial charge on any atom is 0.409 e. The molecule has 6 nitrogen and oxygen atoms in total. The highest BCUT2D eigenvalue weighted by atomic mass is 16.6. The van der Waals surface area contributed by atoms with Crippen molar-refractivity contribution in [2.24, 2.45) is 0 Å². The third-order valence-electron chi connectivity index (χ3n) is 9.22. The molecule has 0 saturated heterocycles.